The molecule has 1 fully saturated rings. The van der Waals surface area contributed by atoms with Gasteiger partial charge in [0.15, 0.2) is 0 Å². The van der Waals surface area contributed by atoms with Crippen molar-refractivity contribution in [3.8, 4) is 11.8 Å². The lowest BCUT2D eigenvalue weighted by Crippen LogP contribution is -2.51. The van der Waals surface area contributed by atoms with Crippen molar-refractivity contribution in [3.63, 3.8) is 0 Å². The van der Waals surface area contributed by atoms with Crippen LogP contribution in [0.5, 0.6) is 5.75 Å². The highest BCUT2D eigenvalue weighted by atomic mass is 16.3. The Morgan fingerprint density at radius 2 is 2.20 bits per heavy atom. The Labute approximate surface area is 119 Å². The highest BCUT2D eigenvalue weighted by molar-refractivity contribution is 5.97. The largest absolute Gasteiger partial charge is 0.507 e. The number of carbonyl (C=O) groups is 1. The van der Waals surface area contributed by atoms with Gasteiger partial charge in [-0.2, -0.15) is 5.26 Å². The number of likely N-dealkylation sites (tertiary alicyclic amines) is 1. The van der Waals surface area contributed by atoms with E-state index < -0.39 is 6.04 Å². The molecule has 1 N–H and O–H groups in total. The Morgan fingerprint density at radius 1 is 1.50 bits per heavy atom. The molecular weight excluding hydrogens is 252 g/mol. The Morgan fingerprint density at radius 3 is 2.80 bits per heavy atom. The van der Waals surface area contributed by atoms with Crippen LogP contribution in [-0.2, 0) is 0 Å². The number of hydrogen-bond donors (Lipinski definition) is 1. The predicted molar refractivity (Wildman–Crippen MR) is 76.3 cm³/mol. The van der Waals surface area contributed by atoms with Crippen molar-refractivity contribution in [1.82, 2.24) is 4.90 Å². The van der Waals surface area contributed by atoms with Crippen molar-refractivity contribution in [1.29, 1.82) is 5.26 Å². The van der Waals surface area contributed by atoms with Crippen LogP contribution in [0.15, 0.2) is 18.2 Å². The van der Waals surface area contributed by atoms with Gasteiger partial charge < -0.3 is 10.0 Å². The first-order valence-corrected chi connectivity index (χ1v) is 6.87. The average molecular weight is 272 g/mol. The average Bonchev–Trinajstić information content (AvgIpc) is 2.36. The molecule has 1 atom stereocenters. The maximum Gasteiger partial charge on any atom is 0.258 e. The normalized spacial score (nSPS) is 21.3. The summed E-state index contributed by atoms with van der Waals surface area (Å²) in [6.07, 6.45) is 1.80. The number of aromatic hydroxyl groups is 1. The fourth-order valence-corrected chi connectivity index (χ4v) is 2.83. The van der Waals surface area contributed by atoms with Crippen LogP contribution in [0, 0.1) is 23.7 Å². The third-order valence-electron chi connectivity index (χ3n) is 4.04. The van der Waals surface area contributed by atoms with Crippen LogP contribution in [0.1, 0.15) is 42.6 Å². The number of nitriles is 1. The standard InChI is InChI=1S/C16H20N2O2/c1-11-5-6-12(13(19)9-11)15(20)18-8-4-7-16(2,3)14(18)10-17/h5-6,9,14,19H,4,7-8H2,1-3H3/t14-/m0/s1. The number of phenolic OH excluding ortho intramolecular Hbond substituents is 1. The second kappa shape index (κ2) is 5.16. The van der Waals surface area contributed by atoms with Crippen molar-refractivity contribution in [3.05, 3.63) is 29.3 Å². The van der Waals surface area contributed by atoms with Crippen LogP contribution >= 0.6 is 0 Å². The van der Waals surface area contributed by atoms with E-state index in [9.17, 15) is 15.2 Å². The number of rotatable bonds is 1. The van der Waals surface area contributed by atoms with E-state index in [0.29, 0.717) is 6.54 Å². The van der Waals surface area contributed by atoms with E-state index in [4.69, 9.17) is 0 Å². The topological polar surface area (TPSA) is 64.3 Å². The number of piperidine rings is 1. The number of aryl methyl sites for hydroxylation is 1. The minimum Gasteiger partial charge on any atom is -0.507 e. The summed E-state index contributed by atoms with van der Waals surface area (Å²) in [6.45, 7) is 6.44. The van der Waals surface area contributed by atoms with Gasteiger partial charge >= 0.3 is 0 Å². The van der Waals surface area contributed by atoms with Crippen LogP contribution < -0.4 is 0 Å². The molecule has 1 aromatic carbocycles. The number of phenols is 1. The second-order valence-electron chi connectivity index (χ2n) is 6.14. The van der Waals surface area contributed by atoms with Crippen LogP contribution in [-0.4, -0.2) is 28.5 Å². The molecule has 0 bridgehead atoms. The highest BCUT2D eigenvalue weighted by Gasteiger charge is 2.40. The number of nitrogens with zero attached hydrogens (tertiary/aromatic N) is 2. The first-order valence-electron chi connectivity index (χ1n) is 6.87. The molecule has 1 aliphatic heterocycles. The smallest absolute Gasteiger partial charge is 0.258 e. The van der Waals surface area contributed by atoms with Crippen molar-refractivity contribution >= 4 is 5.91 Å². The van der Waals surface area contributed by atoms with Gasteiger partial charge in [-0.25, -0.2) is 0 Å². The maximum absolute atomic E-state index is 12.6. The van der Waals surface area contributed by atoms with E-state index >= 15 is 0 Å². The Balaban J connectivity index is 2.35. The first kappa shape index (κ1) is 14.4. The van der Waals surface area contributed by atoms with E-state index in [1.54, 1.807) is 23.1 Å². The minimum atomic E-state index is -0.454. The van der Waals surface area contributed by atoms with Gasteiger partial charge in [-0.15, -0.1) is 0 Å². The third kappa shape index (κ3) is 2.49. The summed E-state index contributed by atoms with van der Waals surface area (Å²) in [5.74, 6) is -0.281. The molecule has 0 spiro atoms. The third-order valence-corrected chi connectivity index (χ3v) is 4.04. The van der Waals surface area contributed by atoms with E-state index in [1.807, 2.05) is 20.8 Å². The molecule has 1 aromatic rings. The van der Waals surface area contributed by atoms with E-state index in [-0.39, 0.29) is 22.6 Å². The van der Waals surface area contributed by atoms with Crippen molar-refractivity contribution in [2.75, 3.05) is 6.54 Å². The quantitative estimate of drug-likeness (QED) is 0.855. The monoisotopic (exact) mass is 272 g/mol. The number of benzene rings is 1. The molecule has 4 nitrogen and oxygen atoms in total. The van der Waals surface area contributed by atoms with Gasteiger partial charge in [0.25, 0.3) is 5.91 Å². The first-order chi connectivity index (χ1) is 9.36. The number of amides is 1. The lowest BCUT2D eigenvalue weighted by molar-refractivity contribution is 0.0435. The zero-order chi connectivity index (χ0) is 14.9. The van der Waals surface area contributed by atoms with Gasteiger partial charge in [-0.05, 0) is 42.9 Å². The summed E-state index contributed by atoms with van der Waals surface area (Å²) < 4.78 is 0. The second-order valence-corrected chi connectivity index (χ2v) is 6.14. The summed E-state index contributed by atoms with van der Waals surface area (Å²) in [5.41, 5.74) is 0.951. The van der Waals surface area contributed by atoms with Gasteiger partial charge in [0, 0.05) is 6.54 Å². The summed E-state index contributed by atoms with van der Waals surface area (Å²) >= 11 is 0. The lowest BCUT2D eigenvalue weighted by atomic mass is 9.77. The molecule has 2 rings (SSSR count). The van der Waals surface area contributed by atoms with Gasteiger partial charge in [-0.3, -0.25) is 4.79 Å². The van der Waals surface area contributed by atoms with E-state index in [1.165, 1.54) is 0 Å². The van der Waals surface area contributed by atoms with Gasteiger partial charge in [0.2, 0.25) is 0 Å². The Bertz CT molecular complexity index is 572. The van der Waals surface area contributed by atoms with E-state index in [2.05, 4.69) is 6.07 Å². The Hall–Kier alpha value is -2.02. The molecule has 20 heavy (non-hydrogen) atoms. The molecule has 1 heterocycles. The number of carbonyl (C=O) groups excluding carboxylic acids is 1. The van der Waals surface area contributed by atoms with Gasteiger partial charge in [0.1, 0.15) is 11.8 Å². The molecule has 0 radical (unpaired) electrons. The molecule has 1 saturated heterocycles. The van der Waals surface area contributed by atoms with Crippen LogP contribution in [0.2, 0.25) is 0 Å². The molecule has 0 saturated carbocycles. The van der Waals surface area contributed by atoms with Gasteiger partial charge in [0.05, 0.1) is 11.6 Å². The molecular formula is C16H20N2O2. The maximum atomic E-state index is 12.6. The lowest BCUT2D eigenvalue weighted by Gasteiger charge is -2.42. The van der Waals surface area contributed by atoms with Crippen molar-refractivity contribution in [2.24, 2.45) is 5.41 Å². The summed E-state index contributed by atoms with van der Waals surface area (Å²) in [7, 11) is 0. The predicted octanol–water partition coefficient (Wildman–Crippen LogP) is 2.86. The summed E-state index contributed by atoms with van der Waals surface area (Å²) in [6, 6.07) is 6.79. The van der Waals surface area contributed by atoms with Gasteiger partial charge in [-0.1, -0.05) is 19.9 Å². The number of hydrogen-bond acceptors (Lipinski definition) is 3. The molecule has 0 unspecified atom stereocenters. The molecule has 4 heteroatoms. The Kier molecular flexibility index (Phi) is 3.71. The summed E-state index contributed by atoms with van der Waals surface area (Å²) in [5, 5.41) is 19.4. The molecule has 0 aromatic heterocycles. The van der Waals surface area contributed by atoms with Crippen LogP contribution in [0.25, 0.3) is 0 Å². The summed E-state index contributed by atoms with van der Waals surface area (Å²) in [4.78, 5) is 14.2. The zero-order valence-electron chi connectivity index (χ0n) is 12.2. The zero-order valence-corrected chi connectivity index (χ0v) is 12.2. The van der Waals surface area contributed by atoms with E-state index in [0.717, 1.165) is 18.4 Å². The molecule has 1 aliphatic rings. The fourth-order valence-electron chi connectivity index (χ4n) is 2.83. The van der Waals surface area contributed by atoms with Crippen LogP contribution in [0.4, 0.5) is 0 Å². The van der Waals surface area contributed by atoms with Crippen molar-refractivity contribution in [2.45, 2.75) is 39.7 Å². The highest BCUT2D eigenvalue weighted by Crippen LogP contribution is 2.36. The fraction of sp³-hybridized carbons (Fsp3) is 0.500. The SMILES string of the molecule is Cc1ccc(C(=O)N2CCCC(C)(C)[C@@H]2C#N)c(O)c1. The molecule has 106 valence electrons. The minimum absolute atomic E-state index is 0.0185. The molecule has 0 aliphatic carbocycles. The van der Waals surface area contributed by atoms with Crippen LogP contribution in [0.3, 0.4) is 0 Å². The van der Waals surface area contributed by atoms with Crippen molar-refractivity contribution < 1.29 is 9.90 Å². The molecule has 1 amide bonds.